The number of fused-ring (bicyclic) bond motifs is 2. The average Bonchev–Trinajstić information content (AvgIpc) is 3.09. The third-order valence-corrected chi connectivity index (χ3v) is 4.87. The van der Waals surface area contributed by atoms with Crippen molar-refractivity contribution in [3.63, 3.8) is 0 Å². The van der Waals surface area contributed by atoms with E-state index in [9.17, 15) is 4.79 Å². The van der Waals surface area contributed by atoms with Gasteiger partial charge in [0.15, 0.2) is 0 Å². The molecule has 1 aromatic carbocycles. The van der Waals surface area contributed by atoms with Crippen LogP contribution in [0.25, 0.3) is 15.9 Å². The number of nitrogens with zero attached hydrogens (tertiary/aromatic N) is 3. The van der Waals surface area contributed by atoms with Gasteiger partial charge in [0.2, 0.25) is 0 Å². The van der Waals surface area contributed by atoms with Crippen molar-refractivity contribution in [1.29, 1.82) is 0 Å². The second-order valence-electron chi connectivity index (χ2n) is 5.83. The summed E-state index contributed by atoms with van der Waals surface area (Å²) in [5.74, 6) is -0.157. The maximum atomic E-state index is 12.7. The summed E-state index contributed by atoms with van der Waals surface area (Å²) in [4.78, 5) is 21.6. The molecule has 120 valence electrons. The van der Waals surface area contributed by atoms with E-state index >= 15 is 0 Å². The number of hydrogen-bond donors (Lipinski definition) is 1. The third kappa shape index (κ3) is 2.45. The van der Waals surface area contributed by atoms with E-state index in [2.05, 4.69) is 15.3 Å². The topological polar surface area (TPSA) is 59.3 Å². The van der Waals surface area contributed by atoms with E-state index < -0.39 is 0 Å². The van der Waals surface area contributed by atoms with Crippen LogP contribution in [0.1, 0.15) is 26.8 Å². The van der Waals surface area contributed by atoms with Crippen molar-refractivity contribution < 1.29 is 4.79 Å². The van der Waals surface area contributed by atoms with Crippen LogP contribution in [-0.2, 0) is 0 Å². The standard InChI is InChI=1S/C18H16N4OS/c1-10-8-11(2)22-7-6-14(17(22)19-10)18(23)21-13-4-5-15-16(9-13)24-12(3)20-15/h4-9H,1-3H3,(H,21,23). The molecule has 0 saturated carbocycles. The van der Waals surface area contributed by atoms with E-state index in [4.69, 9.17) is 0 Å². The number of aryl methyl sites for hydroxylation is 3. The highest BCUT2D eigenvalue weighted by Crippen LogP contribution is 2.25. The van der Waals surface area contributed by atoms with Crippen LogP contribution in [0.4, 0.5) is 5.69 Å². The Morgan fingerprint density at radius 3 is 2.79 bits per heavy atom. The Morgan fingerprint density at radius 1 is 1.12 bits per heavy atom. The molecule has 0 aliphatic heterocycles. The van der Waals surface area contributed by atoms with Crippen LogP contribution in [0.5, 0.6) is 0 Å². The Balaban J connectivity index is 1.70. The monoisotopic (exact) mass is 336 g/mol. The molecule has 0 bridgehead atoms. The number of carbonyl (C=O) groups is 1. The summed E-state index contributed by atoms with van der Waals surface area (Å²) in [6, 6.07) is 9.56. The fourth-order valence-electron chi connectivity index (χ4n) is 2.89. The molecule has 0 atom stereocenters. The van der Waals surface area contributed by atoms with Crippen molar-refractivity contribution in [2.24, 2.45) is 0 Å². The van der Waals surface area contributed by atoms with Crippen molar-refractivity contribution in [1.82, 2.24) is 14.4 Å². The Hall–Kier alpha value is -2.73. The number of benzene rings is 1. The van der Waals surface area contributed by atoms with Crippen molar-refractivity contribution >= 4 is 38.8 Å². The van der Waals surface area contributed by atoms with Gasteiger partial charge >= 0.3 is 0 Å². The van der Waals surface area contributed by atoms with Crippen LogP contribution in [0, 0.1) is 20.8 Å². The van der Waals surface area contributed by atoms with Crippen LogP contribution >= 0.6 is 11.3 Å². The Morgan fingerprint density at radius 2 is 1.96 bits per heavy atom. The number of nitrogens with one attached hydrogen (secondary N) is 1. The SMILES string of the molecule is Cc1cc(C)n2ccc(C(=O)Nc3ccc4nc(C)sc4c3)c2n1. The summed E-state index contributed by atoms with van der Waals surface area (Å²) >= 11 is 1.62. The number of rotatable bonds is 2. The summed E-state index contributed by atoms with van der Waals surface area (Å²) in [6.45, 7) is 5.91. The van der Waals surface area contributed by atoms with Crippen LogP contribution in [0.2, 0.25) is 0 Å². The molecule has 3 heterocycles. The maximum Gasteiger partial charge on any atom is 0.259 e. The first-order valence-corrected chi connectivity index (χ1v) is 8.47. The van der Waals surface area contributed by atoms with Crippen molar-refractivity contribution in [3.8, 4) is 0 Å². The number of amides is 1. The van der Waals surface area contributed by atoms with E-state index in [1.165, 1.54) is 0 Å². The third-order valence-electron chi connectivity index (χ3n) is 3.94. The highest BCUT2D eigenvalue weighted by molar-refractivity contribution is 7.18. The Kier molecular flexibility index (Phi) is 3.35. The molecule has 0 aliphatic carbocycles. The van der Waals surface area contributed by atoms with Crippen LogP contribution in [0.15, 0.2) is 36.5 Å². The maximum absolute atomic E-state index is 12.7. The largest absolute Gasteiger partial charge is 0.322 e. The molecule has 5 nitrogen and oxygen atoms in total. The molecule has 0 aliphatic rings. The molecular formula is C18H16N4OS. The molecule has 1 N–H and O–H groups in total. The smallest absolute Gasteiger partial charge is 0.259 e. The number of aromatic nitrogens is 3. The number of hydrogen-bond acceptors (Lipinski definition) is 4. The molecule has 1 amide bonds. The summed E-state index contributed by atoms with van der Waals surface area (Å²) in [5, 5.41) is 3.98. The van der Waals surface area contributed by atoms with Gasteiger partial charge < -0.3 is 9.72 Å². The van der Waals surface area contributed by atoms with Crippen LogP contribution < -0.4 is 5.32 Å². The van der Waals surface area contributed by atoms with E-state index in [-0.39, 0.29) is 5.91 Å². The van der Waals surface area contributed by atoms with Crippen LogP contribution in [-0.4, -0.2) is 20.3 Å². The molecule has 0 spiro atoms. The summed E-state index contributed by atoms with van der Waals surface area (Å²) in [6.07, 6.45) is 1.88. The predicted octanol–water partition coefficient (Wildman–Crippen LogP) is 4.12. The van der Waals surface area contributed by atoms with Gasteiger partial charge in [0.25, 0.3) is 5.91 Å². The minimum absolute atomic E-state index is 0.157. The predicted molar refractivity (Wildman–Crippen MR) is 97.0 cm³/mol. The number of thiazole rings is 1. The first-order chi connectivity index (χ1) is 11.5. The lowest BCUT2D eigenvalue weighted by Gasteiger charge is -2.06. The normalized spacial score (nSPS) is 11.3. The van der Waals surface area contributed by atoms with Gasteiger partial charge in [0, 0.05) is 23.3 Å². The second-order valence-corrected chi connectivity index (χ2v) is 7.07. The summed E-state index contributed by atoms with van der Waals surface area (Å²) in [7, 11) is 0. The lowest BCUT2D eigenvalue weighted by molar-refractivity contribution is 0.102. The highest BCUT2D eigenvalue weighted by Gasteiger charge is 2.14. The lowest BCUT2D eigenvalue weighted by atomic mass is 10.2. The molecule has 0 fully saturated rings. The zero-order chi connectivity index (χ0) is 16.8. The quantitative estimate of drug-likeness (QED) is 0.599. The molecule has 0 saturated heterocycles. The van der Waals surface area contributed by atoms with Crippen molar-refractivity contribution in [2.75, 3.05) is 5.32 Å². The van der Waals surface area contributed by atoms with E-state index in [1.54, 1.807) is 17.4 Å². The van der Waals surface area contributed by atoms with Gasteiger partial charge in [-0.3, -0.25) is 4.79 Å². The second kappa shape index (κ2) is 5.42. The fourth-order valence-corrected chi connectivity index (χ4v) is 3.75. The van der Waals surface area contributed by atoms with Crippen LogP contribution in [0.3, 0.4) is 0 Å². The minimum atomic E-state index is -0.157. The fraction of sp³-hybridized carbons (Fsp3) is 0.167. The Bertz CT molecular complexity index is 1090. The first-order valence-electron chi connectivity index (χ1n) is 7.65. The highest BCUT2D eigenvalue weighted by atomic mass is 32.1. The molecule has 4 rings (SSSR count). The molecule has 24 heavy (non-hydrogen) atoms. The van der Waals surface area contributed by atoms with E-state index in [0.29, 0.717) is 11.2 Å². The average molecular weight is 336 g/mol. The van der Waals surface area contributed by atoms with Crippen molar-refractivity contribution in [2.45, 2.75) is 20.8 Å². The zero-order valence-electron chi connectivity index (χ0n) is 13.6. The van der Waals surface area contributed by atoms with E-state index in [0.717, 1.165) is 32.3 Å². The lowest BCUT2D eigenvalue weighted by Crippen LogP contribution is -2.12. The van der Waals surface area contributed by atoms with Gasteiger partial charge in [-0.15, -0.1) is 11.3 Å². The Labute approximate surface area is 143 Å². The van der Waals surface area contributed by atoms with Gasteiger partial charge in [0.05, 0.1) is 20.8 Å². The van der Waals surface area contributed by atoms with Crippen molar-refractivity contribution in [3.05, 3.63) is 58.5 Å². The van der Waals surface area contributed by atoms with Gasteiger partial charge in [-0.25, -0.2) is 9.97 Å². The molecular weight excluding hydrogens is 320 g/mol. The molecule has 0 unspecified atom stereocenters. The molecule has 4 aromatic rings. The number of anilines is 1. The molecule has 6 heteroatoms. The summed E-state index contributed by atoms with van der Waals surface area (Å²) < 4.78 is 2.99. The summed E-state index contributed by atoms with van der Waals surface area (Å²) in [5.41, 5.74) is 4.92. The van der Waals surface area contributed by atoms with Gasteiger partial charge in [-0.2, -0.15) is 0 Å². The van der Waals surface area contributed by atoms with Gasteiger partial charge in [-0.05, 0) is 51.1 Å². The van der Waals surface area contributed by atoms with Gasteiger partial charge in [0.1, 0.15) is 5.65 Å². The zero-order valence-corrected chi connectivity index (χ0v) is 14.4. The van der Waals surface area contributed by atoms with E-state index in [1.807, 2.05) is 55.6 Å². The minimum Gasteiger partial charge on any atom is -0.322 e. The molecule has 3 aromatic heterocycles. The molecule has 0 radical (unpaired) electrons. The number of carbonyl (C=O) groups excluding carboxylic acids is 1. The van der Waals surface area contributed by atoms with Gasteiger partial charge in [-0.1, -0.05) is 0 Å². The first kappa shape index (κ1) is 14.8.